The van der Waals surface area contributed by atoms with Crippen LogP contribution in [0.5, 0.6) is 0 Å². The molecule has 0 aliphatic rings. The van der Waals surface area contributed by atoms with Crippen molar-refractivity contribution in [2.45, 2.75) is 57.5 Å². The van der Waals surface area contributed by atoms with E-state index < -0.39 is 10.1 Å². The van der Waals surface area contributed by atoms with E-state index in [-0.39, 0.29) is 23.0 Å². The molecule has 1 rings (SSSR count). The zero-order chi connectivity index (χ0) is 16.8. The SMILES string of the molecule is COC(C)(C)CCC[C@@H](C)COS(=O)(=O)c1ccc(C)cc1. The molecule has 0 saturated carbocycles. The van der Waals surface area contributed by atoms with Crippen molar-refractivity contribution in [1.29, 1.82) is 0 Å². The Balaban J connectivity index is 2.43. The third-order valence-corrected chi connectivity index (χ3v) is 5.14. The maximum Gasteiger partial charge on any atom is 0.296 e. The van der Waals surface area contributed by atoms with Crippen molar-refractivity contribution in [2.75, 3.05) is 13.7 Å². The van der Waals surface area contributed by atoms with Crippen LogP contribution in [0.3, 0.4) is 0 Å². The largest absolute Gasteiger partial charge is 0.379 e. The van der Waals surface area contributed by atoms with Crippen LogP contribution in [0.4, 0.5) is 0 Å². The van der Waals surface area contributed by atoms with Crippen molar-refractivity contribution in [1.82, 2.24) is 0 Å². The summed E-state index contributed by atoms with van der Waals surface area (Å²) in [6.07, 6.45) is 2.84. The highest BCUT2D eigenvalue weighted by molar-refractivity contribution is 7.86. The molecule has 0 spiro atoms. The summed E-state index contributed by atoms with van der Waals surface area (Å²) in [4.78, 5) is 0.214. The summed E-state index contributed by atoms with van der Waals surface area (Å²) in [6, 6.07) is 6.70. The van der Waals surface area contributed by atoms with Gasteiger partial charge in [-0.25, -0.2) is 0 Å². The van der Waals surface area contributed by atoms with Gasteiger partial charge in [0.1, 0.15) is 0 Å². The normalized spacial score (nSPS) is 14.0. The van der Waals surface area contributed by atoms with Gasteiger partial charge in [0, 0.05) is 7.11 Å². The first-order valence-corrected chi connectivity index (χ1v) is 9.08. The molecule has 1 atom stereocenters. The van der Waals surface area contributed by atoms with E-state index in [0.717, 1.165) is 24.8 Å². The minimum absolute atomic E-state index is 0.130. The lowest BCUT2D eigenvalue weighted by atomic mass is 9.97. The van der Waals surface area contributed by atoms with Crippen molar-refractivity contribution in [3.8, 4) is 0 Å². The Kier molecular flexibility index (Phi) is 7.03. The minimum Gasteiger partial charge on any atom is -0.379 e. The summed E-state index contributed by atoms with van der Waals surface area (Å²) < 4.78 is 34.7. The van der Waals surface area contributed by atoms with E-state index in [4.69, 9.17) is 8.92 Å². The number of hydrogen-bond acceptors (Lipinski definition) is 4. The van der Waals surface area contributed by atoms with E-state index in [1.165, 1.54) is 0 Å². The van der Waals surface area contributed by atoms with E-state index in [0.29, 0.717) is 0 Å². The molecule has 0 fully saturated rings. The first kappa shape index (κ1) is 19.1. The highest BCUT2D eigenvalue weighted by atomic mass is 32.2. The van der Waals surface area contributed by atoms with Gasteiger partial charge in [-0.1, -0.05) is 31.0 Å². The fraction of sp³-hybridized carbons (Fsp3) is 0.647. The third kappa shape index (κ3) is 6.46. The van der Waals surface area contributed by atoms with Gasteiger partial charge in [-0.05, 0) is 51.7 Å². The van der Waals surface area contributed by atoms with Gasteiger partial charge < -0.3 is 4.74 Å². The van der Waals surface area contributed by atoms with Gasteiger partial charge in [0.2, 0.25) is 0 Å². The summed E-state index contributed by atoms with van der Waals surface area (Å²) in [5, 5.41) is 0. The molecule has 5 heteroatoms. The molecule has 1 aromatic carbocycles. The monoisotopic (exact) mass is 328 g/mol. The van der Waals surface area contributed by atoms with Crippen LogP contribution in [-0.4, -0.2) is 27.7 Å². The zero-order valence-electron chi connectivity index (χ0n) is 14.3. The van der Waals surface area contributed by atoms with Crippen LogP contribution < -0.4 is 0 Å². The summed E-state index contributed by atoms with van der Waals surface area (Å²) >= 11 is 0. The number of aryl methyl sites for hydroxylation is 1. The predicted octanol–water partition coefficient (Wildman–Crippen LogP) is 3.93. The Bertz CT molecular complexity index is 547. The second kappa shape index (κ2) is 8.09. The van der Waals surface area contributed by atoms with Gasteiger partial charge in [-0.2, -0.15) is 8.42 Å². The molecule has 4 nitrogen and oxygen atoms in total. The maximum absolute atomic E-state index is 12.1. The molecule has 0 N–H and O–H groups in total. The van der Waals surface area contributed by atoms with Crippen LogP contribution in [0.2, 0.25) is 0 Å². The van der Waals surface area contributed by atoms with Crippen LogP contribution in [0.25, 0.3) is 0 Å². The standard InChI is InChI=1S/C17H28O4S/c1-14-8-10-16(11-9-14)22(18,19)21-13-15(2)7-6-12-17(3,4)20-5/h8-11,15H,6-7,12-13H2,1-5H3/t15-/m1/s1. The molecule has 126 valence electrons. The highest BCUT2D eigenvalue weighted by Gasteiger charge is 2.18. The highest BCUT2D eigenvalue weighted by Crippen LogP contribution is 2.20. The van der Waals surface area contributed by atoms with Crippen molar-refractivity contribution >= 4 is 10.1 Å². The third-order valence-electron chi connectivity index (χ3n) is 3.85. The van der Waals surface area contributed by atoms with Gasteiger partial charge in [-0.3, -0.25) is 4.18 Å². The Morgan fingerprint density at radius 3 is 2.32 bits per heavy atom. The Labute approximate surface area is 135 Å². The molecule has 0 aromatic heterocycles. The van der Waals surface area contributed by atoms with E-state index in [1.54, 1.807) is 31.4 Å². The lowest BCUT2D eigenvalue weighted by Gasteiger charge is -2.23. The molecule has 0 saturated heterocycles. The quantitative estimate of drug-likeness (QED) is 0.645. The molecule has 0 radical (unpaired) electrons. The molecule has 0 unspecified atom stereocenters. The smallest absolute Gasteiger partial charge is 0.296 e. The summed E-state index contributed by atoms with van der Waals surface area (Å²) in [5.41, 5.74) is 0.891. The van der Waals surface area contributed by atoms with Crippen LogP contribution in [0, 0.1) is 12.8 Å². The molecule has 1 aromatic rings. The Morgan fingerprint density at radius 2 is 1.77 bits per heavy atom. The Hall–Kier alpha value is -0.910. The predicted molar refractivity (Wildman–Crippen MR) is 88.4 cm³/mol. The van der Waals surface area contributed by atoms with Crippen molar-refractivity contribution in [3.63, 3.8) is 0 Å². The van der Waals surface area contributed by atoms with Crippen LogP contribution in [0.1, 0.15) is 45.6 Å². The topological polar surface area (TPSA) is 52.6 Å². The number of hydrogen-bond donors (Lipinski definition) is 0. The lowest BCUT2D eigenvalue weighted by Crippen LogP contribution is -2.22. The Morgan fingerprint density at radius 1 is 1.18 bits per heavy atom. The average Bonchev–Trinajstić information content (AvgIpc) is 2.45. The van der Waals surface area contributed by atoms with Crippen LogP contribution in [0.15, 0.2) is 29.2 Å². The second-order valence-corrected chi connectivity index (χ2v) is 8.13. The minimum atomic E-state index is -3.65. The summed E-state index contributed by atoms with van der Waals surface area (Å²) in [6.45, 7) is 8.24. The van der Waals surface area contributed by atoms with Crippen LogP contribution in [-0.2, 0) is 19.0 Å². The number of benzene rings is 1. The van der Waals surface area contributed by atoms with Crippen molar-refractivity contribution in [2.24, 2.45) is 5.92 Å². The second-order valence-electron chi connectivity index (χ2n) is 6.51. The first-order valence-electron chi connectivity index (χ1n) is 7.67. The lowest BCUT2D eigenvalue weighted by molar-refractivity contribution is 0.0124. The van der Waals surface area contributed by atoms with Gasteiger partial charge in [0.15, 0.2) is 0 Å². The molecular formula is C17H28O4S. The fourth-order valence-corrected chi connectivity index (χ4v) is 3.06. The van der Waals surface area contributed by atoms with E-state index in [1.807, 2.05) is 13.8 Å². The van der Waals surface area contributed by atoms with E-state index >= 15 is 0 Å². The van der Waals surface area contributed by atoms with E-state index in [9.17, 15) is 8.42 Å². The number of methoxy groups -OCH3 is 1. The summed E-state index contributed by atoms with van der Waals surface area (Å²) in [7, 11) is -1.95. The first-order chi connectivity index (χ1) is 10.2. The van der Waals surface area contributed by atoms with Gasteiger partial charge in [0.05, 0.1) is 17.1 Å². The van der Waals surface area contributed by atoms with E-state index in [2.05, 4.69) is 13.8 Å². The molecule has 0 aliphatic carbocycles. The molecule has 0 bridgehead atoms. The molecular weight excluding hydrogens is 300 g/mol. The molecule has 0 heterocycles. The van der Waals surface area contributed by atoms with Crippen molar-refractivity contribution in [3.05, 3.63) is 29.8 Å². The van der Waals surface area contributed by atoms with Gasteiger partial charge >= 0.3 is 0 Å². The number of rotatable bonds is 9. The van der Waals surface area contributed by atoms with Gasteiger partial charge in [-0.15, -0.1) is 0 Å². The van der Waals surface area contributed by atoms with Crippen LogP contribution >= 0.6 is 0 Å². The summed E-state index contributed by atoms with van der Waals surface area (Å²) in [5.74, 6) is 0.188. The molecule has 22 heavy (non-hydrogen) atoms. The maximum atomic E-state index is 12.1. The zero-order valence-corrected chi connectivity index (χ0v) is 15.1. The fourth-order valence-electron chi connectivity index (χ4n) is 2.04. The molecule has 0 aliphatic heterocycles. The molecule has 0 amide bonds. The average molecular weight is 328 g/mol. The van der Waals surface area contributed by atoms with Crippen molar-refractivity contribution < 1.29 is 17.3 Å². The van der Waals surface area contributed by atoms with Gasteiger partial charge in [0.25, 0.3) is 10.1 Å². The number of ether oxygens (including phenoxy) is 1.